The number of nitrogens with two attached hydrogens (primary N) is 1. The number of rotatable bonds is 12. The number of nitrogens with one attached hydrogen (secondary N) is 3. The Hall–Kier alpha value is -2.98. The zero-order valence-corrected chi connectivity index (χ0v) is 17.1. The van der Waals surface area contributed by atoms with E-state index < -0.39 is 48.4 Å². The van der Waals surface area contributed by atoms with E-state index in [2.05, 4.69) is 16.0 Å². The number of aliphatic hydroxyl groups excluding tert-OH is 1. The number of carbonyl (C=O) groups excluding carboxylic acids is 3. The van der Waals surface area contributed by atoms with Gasteiger partial charge in [-0.1, -0.05) is 50.6 Å². The molecule has 4 unspecified atom stereocenters. The van der Waals surface area contributed by atoms with Gasteiger partial charge in [0, 0.05) is 0 Å². The van der Waals surface area contributed by atoms with Crippen LogP contribution in [-0.2, 0) is 25.6 Å². The number of amides is 3. The van der Waals surface area contributed by atoms with Gasteiger partial charge in [0.15, 0.2) is 0 Å². The quantitative estimate of drug-likeness (QED) is 0.245. The van der Waals surface area contributed by atoms with Crippen molar-refractivity contribution in [3.63, 3.8) is 0 Å². The van der Waals surface area contributed by atoms with Gasteiger partial charge in [0.2, 0.25) is 17.7 Å². The maximum atomic E-state index is 12.4. The van der Waals surface area contributed by atoms with Crippen molar-refractivity contribution >= 4 is 23.7 Å². The molecule has 0 aliphatic heterocycles. The second kappa shape index (κ2) is 12.6. The first-order valence-corrected chi connectivity index (χ1v) is 9.70. The number of carboxylic acids is 1. The van der Waals surface area contributed by atoms with Gasteiger partial charge in [0.1, 0.15) is 12.1 Å². The molecule has 0 radical (unpaired) electrons. The van der Waals surface area contributed by atoms with Crippen molar-refractivity contribution in [2.75, 3.05) is 13.2 Å². The Kier molecular flexibility index (Phi) is 10.5. The lowest BCUT2D eigenvalue weighted by atomic mass is 9.98. The number of aliphatic carboxylic acids is 1. The van der Waals surface area contributed by atoms with Crippen LogP contribution >= 0.6 is 0 Å². The molecule has 0 aliphatic rings. The van der Waals surface area contributed by atoms with E-state index in [4.69, 9.17) is 15.9 Å². The smallest absolute Gasteiger partial charge is 0.328 e. The molecule has 0 bridgehead atoms. The molecule has 1 aromatic carbocycles. The molecule has 0 saturated carbocycles. The molecule has 10 nitrogen and oxygen atoms in total. The standard InChI is InChI=1S/C20H30N4O6/c1-3-12(2)17(19(28)23-15(11-25)20(29)30)24-16(26)10-22-18(27)14(21)9-13-7-5-4-6-8-13/h4-8,12,14-15,17,25H,3,9-11,21H2,1-2H3,(H,22,27)(H,23,28)(H,24,26)(H,29,30). The highest BCUT2D eigenvalue weighted by Crippen LogP contribution is 2.08. The van der Waals surface area contributed by atoms with E-state index >= 15 is 0 Å². The van der Waals surface area contributed by atoms with Crippen molar-refractivity contribution in [1.82, 2.24) is 16.0 Å². The highest BCUT2D eigenvalue weighted by Gasteiger charge is 2.29. The molecule has 0 spiro atoms. The van der Waals surface area contributed by atoms with E-state index in [-0.39, 0.29) is 12.5 Å². The maximum Gasteiger partial charge on any atom is 0.328 e. The first kappa shape index (κ1) is 25.1. The van der Waals surface area contributed by atoms with Gasteiger partial charge in [-0.05, 0) is 17.9 Å². The Morgan fingerprint density at radius 2 is 1.70 bits per heavy atom. The largest absolute Gasteiger partial charge is 0.480 e. The van der Waals surface area contributed by atoms with Gasteiger partial charge < -0.3 is 31.9 Å². The Balaban J connectivity index is 2.61. The normalized spacial score (nSPS) is 14.7. The summed E-state index contributed by atoms with van der Waals surface area (Å²) in [7, 11) is 0. The first-order valence-electron chi connectivity index (χ1n) is 9.70. The summed E-state index contributed by atoms with van der Waals surface area (Å²) in [6, 6.07) is 5.86. The highest BCUT2D eigenvalue weighted by atomic mass is 16.4. The van der Waals surface area contributed by atoms with Gasteiger partial charge in [0.05, 0.1) is 19.2 Å². The molecule has 30 heavy (non-hydrogen) atoms. The monoisotopic (exact) mass is 422 g/mol. The topological polar surface area (TPSA) is 171 Å². The molecule has 1 rings (SSSR count). The molecule has 0 aromatic heterocycles. The van der Waals surface area contributed by atoms with Crippen LogP contribution < -0.4 is 21.7 Å². The zero-order chi connectivity index (χ0) is 22.7. The second-order valence-corrected chi connectivity index (χ2v) is 7.03. The van der Waals surface area contributed by atoms with E-state index in [1.165, 1.54) is 0 Å². The average Bonchev–Trinajstić information content (AvgIpc) is 2.73. The molecule has 4 atom stereocenters. The van der Waals surface area contributed by atoms with Crippen LogP contribution in [0.4, 0.5) is 0 Å². The number of aliphatic hydroxyl groups is 1. The number of carbonyl (C=O) groups is 4. The van der Waals surface area contributed by atoms with Crippen molar-refractivity contribution in [2.45, 2.75) is 44.8 Å². The minimum absolute atomic E-state index is 0.307. The predicted molar refractivity (Wildman–Crippen MR) is 109 cm³/mol. The average molecular weight is 422 g/mol. The van der Waals surface area contributed by atoms with E-state index in [9.17, 15) is 19.2 Å². The van der Waals surface area contributed by atoms with Gasteiger partial charge >= 0.3 is 5.97 Å². The first-order chi connectivity index (χ1) is 14.2. The Morgan fingerprint density at radius 1 is 1.07 bits per heavy atom. The maximum absolute atomic E-state index is 12.4. The molecular weight excluding hydrogens is 392 g/mol. The molecular formula is C20H30N4O6. The van der Waals surface area contributed by atoms with Crippen LogP contribution in [0.3, 0.4) is 0 Å². The number of hydrogen-bond acceptors (Lipinski definition) is 6. The molecule has 7 N–H and O–H groups in total. The molecule has 166 valence electrons. The van der Waals surface area contributed by atoms with Crippen molar-refractivity contribution in [3.8, 4) is 0 Å². The van der Waals surface area contributed by atoms with Crippen LogP contribution in [0.1, 0.15) is 25.8 Å². The predicted octanol–water partition coefficient (Wildman–Crippen LogP) is -1.23. The van der Waals surface area contributed by atoms with Gasteiger partial charge in [-0.2, -0.15) is 0 Å². The summed E-state index contributed by atoms with van der Waals surface area (Å²) >= 11 is 0. The third kappa shape index (κ3) is 8.18. The third-order valence-electron chi connectivity index (χ3n) is 4.67. The fourth-order valence-electron chi connectivity index (χ4n) is 2.63. The molecule has 0 fully saturated rings. The summed E-state index contributed by atoms with van der Waals surface area (Å²) in [5.41, 5.74) is 6.75. The number of carboxylic acid groups (broad SMARTS) is 1. The Labute approximate surface area is 175 Å². The molecule has 1 aromatic rings. The van der Waals surface area contributed by atoms with Crippen LogP contribution in [0.5, 0.6) is 0 Å². The molecule has 10 heteroatoms. The zero-order valence-electron chi connectivity index (χ0n) is 17.1. The third-order valence-corrected chi connectivity index (χ3v) is 4.67. The minimum atomic E-state index is -1.48. The summed E-state index contributed by atoms with van der Waals surface area (Å²) in [6.45, 7) is 2.36. The molecule has 0 aliphatic carbocycles. The van der Waals surface area contributed by atoms with Gasteiger partial charge in [-0.15, -0.1) is 0 Å². The van der Waals surface area contributed by atoms with Crippen LogP contribution in [0.15, 0.2) is 30.3 Å². The number of hydrogen-bond donors (Lipinski definition) is 6. The minimum Gasteiger partial charge on any atom is -0.480 e. The highest BCUT2D eigenvalue weighted by molar-refractivity contribution is 5.92. The molecule has 3 amide bonds. The van der Waals surface area contributed by atoms with Crippen molar-refractivity contribution in [1.29, 1.82) is 0 Å². The van der Waals surface area contributed by atoms with Crippen molar-refractivity contribution in [3.05, 3.63) is 35.9 Å². The Bertz CT molecular complexity index is 727. The van der Waals surface area contributed by atoms with Crippen molar-refractivity contribution < 1.29 is 29.4 Å². The van der Waals surface area contributed by atoms with Gasteiger partial charge in [-0.3, -0.25) is 14.4 Å². The fourth-order valence-corrected chi connectivity index (χ4v) is 2.63. The SMILES string of the molecule is CCC(C)C(NC(=O)CNC(=O)C(N)Cc1ccccc1)C(=O)NC(CO)C(=O)O. The summed E-state index contributed by atoms with van der Waals surface area (Å²) in [6.07, 6.45) is 0.841. The fraction of sp³-hybridized carbons (Fsp3) is 0.500. The van der Waals surface area contributed by atoms with E-state index in [1.807, 2.05) is 37.3 Å². The number of benzene rings is 1. The summed E-state index contributed by atoms with van der Waals surface area (Å²) in [5, 5.41) is 25.1. The van der Waals surface area contributed by atoms with Gasteiger partial charge in [-0.25, -0.2) is 4.79 Å². The molecule has 0 saturated heterocycles. The summed E-state index contributed by atoms with van der Waals surface area (Å²) in [5.74, 6) is -3.56. The van der Waals surface area contributed by atoms with Gasteiger partial charge in [0.25, 0.3) is 0 Å². The van der Waals surface area contributed by atoms with E-state index in [0.717, 1.165) is 5.56 Å². The lowest BCUT2D eigenvalue weighted by Crippen LogP contribution is -2.56. The van der Waals surface area contributed by atoms with Crippen LogP contribution in [-0.4, -0.2) is 65.2 Å². The summed E-state index contributed by atoms with van der Waals surface area (Å²) in [4.78, 5) is 47.8. The van der Waals surface area contributed by atoms with Crippen molar-refractivity contribution in [2.24, 2.45) is 11.7 Å². The lowest BCUT2D eigenvalue weighted by molar-refractivity contribution is -0.143. The van der Waals surface area contributed by atoms with Crippen LogP contribution in [0, 0.1) is 5.92 Å². The Morgan fingerprint density at radius 3 is 2.23 bits per heavy atom. The van der Waals surface area contributed by atoms with E-state index in [1.54, 1.807) is 6.92 Å². The summed E-state index contributed by atoms with van der Waals surface area (Å²) < 4.78 is 0. The van der Waals surface area contributed by atoms with E-state index in [0.29, 0.717) is 12.8 Å². The lowest BCUT2D eigenvalue weighted by Gasteiger charge is -2.25. The molecule has 0 heterocycles. The van der Waals surface area contributed by atoms with Crippen LogP contribution in [0.2, 0.25) is 0 Å². The second-order valence-electron chi connectivity index (χ2n) is 7.03. The van der Waals surface area contributed by atoms with Crippen LogP contribution in [0.25, 0.3) is 0 Å².